The lowest BCUT2D eigenvalue weighted by Crippen LogP contribution is -2.27. The molecule has 50 heavy (non-hydrogen) atoms. The van der Waals surface area contributed by atoms with Gasteiger partial charge in [0.2, 0.25) is 0 Å². The maximum atomic E-state index is 11.1. The van der Waals surface area contributed by atoms with Crippen molar-refractivity contribution in [2.24, 2.45) is 5.41 Å². The van der Waals surface area contributed by atoms with Gasteiger partial charge in [-0.25, -0.2) is 0 Å². The molecule has 0 aromatic heterocycles. The van der Waals surface area contributed by atoms with Crippen LogP contribution in [0.4, 0.5) is 0 Å². The van der Waals surface area contributed by atoms with Crippen molar-refractivity contribution in [2.75, 3.05) is 55.9 Å². The number of rotatable bonds is 21. The fourth-order valence-corrected chi connectivity index (χ4v) is 5.51. The third kappa shape index (κ3) is 10.1. The van der Waals surface area contributed by atoms with Gasteiger partial charge < -0.3 is 43.7 Å². The number of phenols is 2. The minimum atomic E-state index is -0.904. The van der Waals surface area contributed by atoms with E-state index in [1.54, 1.807) is 54.8 Å². The molecule has 0 aliphatic carbocycles. The van der Waals surface area contributed by atoms with Crippen LogP contribution in [0.2, 0.25) is 0 Å². The van der Waals surface area contributed by atoms with E-state index in [0.717, 1.165) is 16.7 Å². The van der Waals surface area contributed by atoms with Crippen LogP contribution in [0, 0.1) is 5.41 Å². The highest BCUT2D eigenvalue weighted by molar-refractivity contribution is 5.58. The zero-order chi connectivity index (χ0) is 37.6. The van der Waals surface area contributed by atoms with Gasteiger partial charge in [0.05, 0.1) is 39.6 Å². The minimum absolute atomic E-state index is 0.0557. The molecule has 2 rings (SSSR count). The van der Waals surface area contributed by atoms with Gasteiger partial charge in [-0.1, -0.05) is 45.7 Å². The first kappa shape index (κ1) is 42.2. The van der Waals surface area contributed by atoms with Crippen LogP contribution < -0.4 is 0 Å². The van der Waals surface area contributed by atoms with Crippen molar-refractivity contribution in [3.05, 3.63) is 130 Å². The molecule has 2 aromatic carbocycles. The molecule has 9 nitrogen and oxygen atoms in total. The molecule has 0 aliphatic heterocycles. The summed E-state index contributed by atoms with van der Waals surface area (Å²) < 4.78 is 32.2. The summed E-state index contributed by atoms with van der Waals surface area (Å²) in [6, 6.07) is 7.62. The van der Waals surface area contributed by atoms with Crippen molar-refractivity contribution >= 4 is 0 Å². The molecule has 274 valence electrons. The summed E-state index contributed by atoms with van der Waals surface area (Å²) in [4.78, 5) is 0. The SMILES string of the molecule is C=C(/C=C\C(=C)C(C)(c1cc(COC)c(O)c(COC)c1)c1cc(COC)c(O)c(COC)c1)C(C)(C)C(=C)/C=C(COC)\C(O)=C\COC. The van der Waals surface area contributed by atoms with Crippen LogP contribution in [0.1, 0.15) is 54.2 Å². The Kier molecular flexibility index (Phi) is 16.4. The molecule has 0 spiro atoms. The van der Waals surface area contributed by atoms with Crippen molar-refractivity contribution in [1.82, 2.24) is 0 Å². The fraction of sp³-hybridized carbons (Fsp3) is 0.415. The summed E-state index contributed by atoms with van der Waals surface area (Å²) in [5.74, 6) is 0.258. The predicted octanol–water partition coefficient (Wildman–Crippen LogP) is 7.90. The normalized spacial score (nSPS) is 12.9. The average Bonchev–Trinajstić information content (AvgIpc) is 3.08. The van der Waals surface area contributed by atoms with Gasteiger partial charge in [-0.15, -0.1) is 0 Å². The molecule has 0 radical (unpaired) electrons. The molecule has 0 aliphatic rings. The molecule has 9 heteroatoms. The Bertz CT molecular complexity index is 1470. The highest BCUT2D eigenvalue weighted by atomic mass is 16.5. The van der Waals surface area contributed by atoms with E-state index in [9.17, 15) is 15.3 Å². The Balaban J connectivity index is 2.79. The Morgan fingerprint density at radius 1 is 0.620 bits per heavy atom. The Morgan fingerprint density at radius 3 is 1.38 bits per heavy atom. The van der Waals surface area contributed by atoms with Gasteiger partial charge in [0.15, 0.2) is 0 Å². The van der Waals surface area contributed by atoms with E-state index in [1.807, 2.05) is 57.2 Å². The molecule has 3 N–H and O–H groups in total. The summed E-state index contributed by atoms with van der Waals surface area (Å²) >= 11 is 0. The third-order valence-corrected chi connectivity index (χ3v) is 9.04. The largest absolute Gasteiger partial charge is 0.508 e. The van der Waals surface area contributed by atoms with Gasteiger partial charge in [-0.3, -0.25) is 0 Å². The van der Waals surface area contributed by atoms with Gasteiger partial charge >= 0.3 is 0 Å². The van der Waals surface area contributed by atoms with Crippen LogP contribution in [0.15, 0.2) is 96.4 Å². The average molecular weight is 693 g/mol. The van der Waals surface area contributed by atoms with Crippen LogP contribution in [0.25, 0.3) is 0 Å². The first-order chi connectivity index (χ1) is 23.7. The lowest BCUT2D eigenvalue weighted by molar-refractivity contribution is 0.174. The number of ether oxygens (including phenoxy) is 6. The highest BCUT2D eigenvalue weighted by Gasteiger charge is 2.34. The molecule has 0 amide bonds. The maximum Gasteiger partial charge on any atom is 0.126 e. The first-order valence-electron chi connectivity index (χ1n) is 16.2. The van der Waals surface area contributed by atoms with Crippen LogP contribution in [-0.2, 0) is 60.3 Å². The number of benzene rings is 2. The number of aromatic hydroxyl groups is 2. The topological polar surface area (TPSA) is 116 Å². The summed E-state index contributed by atoms with van der Waals surface area (Å²) in [7, 11) is 9.40. The molecule has 2 aromatic rings. The summed E-state index contributed by atoms with van der Waals surface area (Å²) in [5, 5.41) is 32.8. The zero-order valence-corrected chi connectivity index (χ0v) is 31.3. The molecular weight excluding hydrogens is 636 g/mol. The van der Waals surface area contributed by atoms with Crippen molar-refractivity contribution in [3.8, 4) is 11.5 Å². The van der Waals surface area contributed by atoms with Gasteiger partial charge in [0.25, 0.3) is 0 Å². The quantitative estimate of drug-likeness (QED) is 0.0887. The molecular formula is C41H56O9. The predicted molar refractivity (Wildman–Crippen MR) is 198 cm³/mol. The zero-order valence-electron chi connectivity index (χ0n) is 31.3. The number of methoxy groups -OCH3 is 6. The smallest absolute Gasteiger partial charge is 0.126 e. The second-order valence-corrected chi connectivity index (χ2v) is 12.8. The van der Waals surface area contributed by atoms with E-state index in [0.29, 0.717) is 39.0 Å². The van der Waals surface area contributed by atoms with Crippen molar-refractivity contribution in [2.45, 2.75) is 52.6 Å². The van der Waals surface area contributed by atoms with Crippen LogP contribution in [0.5, 0.6) is 11.5 Å². The molecule has 0 heterocycles. The molecule has 0 saturated carbocycles. The summed E-state index contributed by atoms with van der Waals surface area (Å²) in [6.07, 6.45) is 7.21. The van der Waals surface area contributed by atoms with Crippen molar-refractivity contribution < 1.29 is 43.7 Å². The lowest BCUT2D eigenvalue weighted by Gasteiger charge is -2.35. The number of hydrogen-bond donors (Lipinski definition) is 3. The fourth-order valence-electron chi connectivity index (χ4n) is 5.51. The summed E-state index contributed by atoms with van der Waals surface area (Å²) in [5.41, 5.74) is 5.21. The first-order valence-corrected chi connectivity index (χ1v) is 16.2. The van der Waals surface area contributed by atoms with Gasteiger partial charge in [-0.2, -0.15) is 0 Å². The van der Waals surface area contributed by atoms with E-state index in [1.165, 1.54) is 0 Å². The molecule has 0 fully saturated rings. The molecule has 0 bridgehead atoms. The van der Waals surface area contributed by atoms with Gasteiger partial charge in [0.1, 0.15) is 17.3 Å². The Morgan fingerprint density at radius 2 is 1.02 bits per heavy atom. The maximum absolute atomic E-state index is 11.1. The van der Waals surface area contributed by atoms with E-state index in [2.05, 4.69) is 19.7 Å². The minimum Gasteiger partial charge on any atom is -0.508 e. The van der Waals surface area contributed by atoms with E-state index >= 15 is 0 Å². The van der Waals surface area contributed by atoms with Gasteiger partial charge in [0, 0.05) is 81.3 Å². The second kappa shape index (κ2) is 19.4. The van der Waals surface area contributed by atoms with Crippen LogP contribution in [0.3, 0.4) is 0 Å². The van der Waals surface area contributed by atoms with E-state index in [4.69, 9.17) is 28.4 Å². The number of hydrogen-bond acceptors (Lipinski definition) is 9. The van der Waals surface area contributed by atoms with Crippen LogP contribution in [-0.4, -0.2) is 71.2 Å². The van der Waals surface area contributed by atoms with E-state index in [-0.39, 0.29) is 56.9 Å². The monoisotopic (exact) mass is 692 g/mol. The number of allylic oxidation sites excluding steroid dienone is 6. The second-order valence-electron chi connectivity index (χ2n) is 12.8. The van der Waals surface area contributed by atoms with E-state index < -0.39 is 10.8 Å². The highest BCUT2D eigenvalue weighted by Crippen LogP contribution is 2.45. The number of phenolic OH excluding ortho intramolecular Hbond substituents is 2. The van der Waals surface area contributed by atoms with Crippen molar-refractivity contribution in [3.63, 3.8) is 0 Å². The Labute approximate surface area is 298 Å². The third-order valence-electron chi connectivity index (χ3n) is 9.04. The molecule has 0 unspecified atom stereocenters. The number of aliphatic hydroxyl groups excluding tert-OH is 1. The number of aliphatic hydroxyl groups is 1. The van der Waals surface area contributed by atoms with Gasteiger partial charge in [-0.05, 0) is 71.2 Å². The summed E-state index contributed by atoms with van der Waals surface area (Å²) in [6.45, 7) is 20.5. The van der Waals surface area contributed by atoms with Crippen molar-refractivity contribution in [1.29, 1.82) is 0 Å². The molecule has 0 saturated heterocycles. The standard InChI is InChI=1S/C41H56O9/c1-27(40(4,5)29(3)17-30(22-46-8)37(42)15-16-45-7)13-14-28(2)41(6,35-18-31(23-47-9)38(43)32(19-35)24-48-10)36-20-33(25-49-11)39(44)34(21-36)26-50-12/h13-15,17-21,42-44H,1-3,16,22-26H2,4-12H3/b14-13-,30-17-,37-15-. The lowest BCUT2D eigenvalue weighted by atomic mass is 9.69. The molecule has 0 atom stereocenters. The Hall–Kier alpha value is -3.96. The van der Waals surface area contributed by atoms with Crippen LogP contribution >= 0.6 is 0 Å².